The lowest BCUT2D eigenvalue weighted by Crippen LogP contribution is -2.27. The smallest absolute Gasteiger partial charge is 0.215 e. The van der Waals surface area contributed by atoms with Crippen LogP contribution < -0.4 is 4.72 Å². The zero-order valence-corrected chi connectivity index (χ0v) is 12.7. The Balaban J connectivity index is 2.54. The van der Waals surface area contributed by atoms with E-state index in [2.05, 4.69) is 4.72 Å². The van der Waals surface area contributed by atoms with E-state index in [0.717, 1.165) is 6.07 Å². The van der Waals surface area contributed by atoms with E-state index >= 15 is 0 Å². The fraction of sp³-hybridized carbons (Fsp3) is 0.455. The number of hydrogen-bond donors (Lipinski definition) is 1. The lowest BCUT2D eigenvalue weighted by atomic mass is 10.2. The number of sulfonamides is 1. The maximum atomic E-state index is 12.9. The molecule has 0 spiro atoms. The van der Waals surface area contributed by atoms with Gasteiger partial charge in [0.05, 0.1) is 10.8 Å². The molecule has 0 aliphatic heterocycles. The van der Waals surface area contributed by atoms with Gasteiger partial charge in [0.15, 0.2) is 0 Å². The van der Waals surface area contributed by atoms with Gasteiger partial charge in [0.1, 0.15) is 5.82 Å². The minimum Gasteiger partial charge on any atom is -0.260 e. The second-order valence-corrected chi connectivity index (χ2v) is 7.80. The van der Waals surface area contributed by atoms with Crippen LogP contribution in [0.1, 0.15) is 12.0 Å². The molecule has 0 fully saturated rings. The molecule has 0 saturated heterocycles. The van der Waals surface area contributed by atoms with Crippen molar-refractivity contribution in [2.45, 2.75) is 12.2 Å². The van der Waals surface area contributed by atoms with Crippen molar-refractivity contribution >= 4 is 32.4 Å². The van der Waals surface area contributed by atoms with Gasteiger partial charge in [0.2, 0.25) is 10.0 Å². The summed E-state index contributed by atoms with van der Waals surface area (Å²) in [6.07, 6.45) is 2.07. The zero-order chi connectivity index (χ0) is 14.5. The highest BCUT2D eigenvalue weighted by Gasteiger charge is 2.12. The first kappa shape index (κ1) is 16.6. The topological polar surface area (TPSA) is 63.2 Å². The quantitative estimate of drug-likeness (QED) is 0.775. The Morgan fingerprint density at radius 2 is 2.11 bits per heavy atom. The molecule has 1 rings (SSSR count). The molecule has 1 aromatic rings. The van der Waals surface area contributed by atoms with Crippen LogP contribution in [-0.2, 0) is 26.6 Å². The predicted molar refractivity (Wildman–Crippen MR) is 75.6 cm³/mol. The van der Waals surface area contributed by atoms with Crippen LogP contribution in [0.3, 0.4) is 0 Å². The van der Waals surface area contributed by atoms with Crippen LogP contribution in [-0.4, -0.2) is 31.2 Å². The van der Waals surface area contributed by atoms with Gasteiger partial charge in [0.25, 0.3) is 0 Å². The average Bonchev–Trinajstić information content (AvgIpc) is 2.29. The number of rotatable bonds is 7. The van der Waals surface area contributed by atoms with Gasteiger partial charge in [-0.25, -0.2) is 17.5 Å². The van der Waals surface area contributed by atoms with Crippen molar-refractivity contribution in [2.75, 3.05) is 18.6 Å². The fourth-order valence-electron chi connectivity index (χ4n) is 1.40. The Morgan fingerprint density at radius 3 is 2.68 bits per heavy atom. The Labute approximate surface area is 119 Å². The number of benzene rings is 1. The third kappa shape index (κ3) is 6.47. The van der Waals surface area contributed by atoms with Gasteiger partial charge in [-0.1, -0.05) is 17.7 Å². The second kappa shape index (κ2) is 7.33. The van der Waals surface area contributed by atoms with Gasteiger partial charge in [-0.2, -0.15) is 0 Å². The van der Waals surface area contributed by atoms with Crippen molar-refractivity contribution in [2.24, 2.45) is 0 Å². The molecule has 0 bridgehead atoms. The Morgan fingerprint density at radius 1 is 1.42 bits per heavy atom. The molecular formula is C11H15ClFNO3S2. The Hall–Kier alpha value is -0.500. The minimum atomic E-state index is -3.49. The van der Waals surface area contributed by atoms with Crippen LogP contribution >= 0.6 is 11.6 Å². The molecule has 1 atom stereocenters. The largest absolute Gasteiger partial charge is 0.260 e. The van der Waals surface area contributed by atoms with Crippen molar-refractivity contribution < 1.29 is 17.0 Å². The van der Waals surface area contributed by atoms with E-state index in [9.17, 15) is 17.0 Å². The maximum Gasteiger partial charge on any atom is 0.215 e. The van der Waals surface area contributed by atoms with E-state index in [0.29, 0.717) is 17.7 Å². The molecule has 0 heterocycles. The summed E-state index contributed by atoms with van der Waals surface area (Å²) in [6.45, 7) is 0.233. The monoisotopic (exact) mass is 327 g/mol. The fourth-order valence-corrected chi connectivity index (χ4v) is 3.33. The van der Waals surface area contributed by atoms with Crippen LogP contribution in [0.4, 0.5) is 4.39 Å². The van der Waals surface area contributed by atoms with Gasteiger partial charge in [-0.15, -0.1) is 0 Å². The van der Waals surface area contributed by atoms with Crippen LogP contribution in [0, 0.1) is 5.82 Å². The molecule has 0 unspecified atom stereocenters. The molecule has 0 aliphatic carbocycles. The van der Waals surface area contributed by atoms with Gasteiger partial charge < -0.3 is 0 Å². The van der Waals surface area contributed by atoms with Gasteiger partial charge in [-0.3, -0.25) is 4.21 Å². The normalized spacial score (nSPS) is 13.4. The molecule has 4 nitrogen and oxygen atoms in total. The summed E-state index contributed by atoms with van der Waals surface area (Å²) in [5, 5.41) is -0.103. The third-order valence-corrected chi connectivity index (χ3v) is 4.78. The van der Waals surface area contributed by atoms with Crippen molar-refractivity contribution in [1.82, 2.24) is 4.72 Å². The first-order valence-corrected chi connectivity index (χ1v) is 9.27. The number of hydrogen-bond acceptors (Lipinski definition) is 3. The number of halogens is 2. The summed E-state index contributed by atoms with van der Waals surface area (Å²) < 4.78 is 49.6. The van der Waals surface area contributed by atoms with Gasteiger partial charge in [-0.05, 0) is 24.1 Å². The Kier molecular flexibility index (Phi) is 6.38. The molecule has 0 aromatic heterocycles. The molecule has 1 aromatic carbocycles. The summed E-state index contributed by atoms with van der Waals surface area (Å²) in [6, 6.07) is 3.80. The lowest BCUT2D eigenvalue weighted by Gasteiger charge is -2.07. The van der Waals surface area contributed by atoms with E-state index in [1.54, 1.807) is 6.26 Å². The molecule has 0 aliphatic rings. The summed E-state index contributed by atoms with van der Waals surface area (Å²) in [7, 11) is -4.42. The van der Waals surface area contributed by atoms with Crippen LogP contribution in [0.2, 0.25) is 5.02 Å². The van der Waals surface area contributed by atoms with E-state index in [1.807, 2.05) is 0 Å². The zero-order valence-electron chi connectivity index (χ0n) is 10.4. The van der Waals surface area contributed by atoms with E-state index < -0.39 is 26.6 Å². The van der Waals surface area contributed by atoms with Crippen LogP contribution in [0.15, 0.2) is 18.2 Å². The SMILES string of the molecule is C[S@@](=O)CCCNS(=O)(=O)Cc1ccc(F)c(Cl)c1. The van der Waals surface area contributed by atoms with Crippen LogP contribution in [0.25, 0.3) is 0 Å². The van der Waals surface area contributed by atoms with Crippen molar-refractivity contribution in [1.29, 1.82) is 0 Å². The van der Waals surface area contributed by atoms with Crippen molar-refractivity contribution in [3.63, 3.8) is 0 Å². The third-order valence-electron chi connectivity index (χ3n) is 2.27. The van der Waals surface area contributed by atoms with Gasteiger partial charge >= 0.3 is 0 Å². The van der Waals surface area contributed by atoms with E-state index in [-0.39, 0.29) is 17.3 Å². The maximum absolute atomic E-state index is 12.9. The highest BCUT2D eigenvalue weighted by molar-refractivity contribution is 7.88. The summed E-state index contributed by atoms with van der Waals surface area (Å²) in [5.74, 6) is -0.395. The minimum absolute atomic E-state index is 0.103. The summed E-state index contributed by atoms with van der Waals surface area (Å²) in [5.41, 5.74) is 0.415. The Bertz CT molecular complexity index is 563. The molecule has 0 saturated carbocycles. The highest BCUT2D eigenvalue weighted by atomic mass is 35.5. The lowest BCUT2D eigenvalue weighted by molar-refractivity contribution is 0.579. The van der Waals surface area contributed by atoms with E-state index in [1.165, 1.54) is 12.1 Å². The first-order valence-electron chi connectivity index (χ1n) is 5.51. The van der Waals surface area contributed by atoms with Crippen molar-refractivity contribution in [3.8, 4) is 0 Å². The van der Waals surface area contributed by atoms with Gasteiger partial charge in [0, 0.05) is 29.4 Å². The average molecular weight is 328 g/mol. The molecule has 1 N–H and O–H groups in total. The molecule has 19 heavy (non-hydrogen) atoms. The molecule has 0 amide bonds. The summed E-state index contributed by atoms with van der Waals surface area (Å²) >= 11 is 5.58. The molecule has 0 radical (unpaired) electrons. The molecular weight excluding hydrogens is 313 g/mol. The van der Waals surface area contributed by atoms with Crippen LogP contribution in [0.5, 0.6) is 0 Å². The molecule has 108 valence electrons. The van der Waals surface area contributed by atoms with E-state index in [4.69, 9.17) is 11.6 Å². The number of nitrogens with one attached hydrogen (secondary N) is 1. The second-order valence-electron chi connectivity index (χ2n) is 4.03. The van der Waals surface area contributed by atoms with Crippen molar-refractivity contribution in [3.05, 3.63) is 34.6 Å². The molecule has 8 heteroatoms. The predicted octanol–water partition coefficient (Wildman–Crippen LogP) is 1.67. The summed E-state index contributed by atoms with van der Waals surface area (Å²) in [4.78, 5) is 0. The highest BCUT2D eigenvalue weighted by Crippen LogP contribution is 2.17. The first-order chi connectivity index (χ1) is 8.80. The standard InChI is InChI=1S/C11H15ClFNO3S2/c1-18(15)6-2-5-14-19(16,17)8-9-3-4-11(13)10(12)7-9/h3-4,7,14H,2,5-6,8H2,1H3/t18-/m1/s1.